The van der Waals surface area contributed by atoms with E-state index in [1.165, 1.54) is 21.9 Å². The van der Waals surface area contributed by atoms with Crippen LogP contribution in [-0.2, 0) is 11.4 Å². The molecule has 0 N–H and O–H groups in total. The third kappa shape index (κ3) is 4.82. The monoisotopic (exact) mass is 403 g/mol. The smallest absolute Gasteiger partial charge is 0.319 e. The van der Waals surface area contributed by atoms with Crippen molar-refractivity contribution in [2.45, 2.75) is 19.1 Å². The molecule has 1 atom stereocenters. The first kappa shape index (κ1) is 20.6. The number of carbonyl (C=O) groups is 1. The predicted molar refractivity (Wildman–Crippen MR) is 105 cm³/mol. The van der Waals surface area contributed by atoms with Crippen molar-refractivity contribution in [1.82, 2.24) is 9.80 Å². The Labute approximate surface area is 168 Å². The van der Waals surface area contributed by atoms with Crippen molar-refractivity contribution in [3.8, 4) is 5.75 Å². The van der Waals surface area contributed by atoms with E-state index in [9.17, 15) is 13.6 Å². The summed E-state index contributed by atoms with van der Waals surface area (Å²) >= 11 is 0. The van der Waals surface area contributed by atoms with Crippen molar-refractivity contribution in [3.05, 3.63) is 65.2 Å². The van der Waals surface area contributed by atoms with Crippen molar-refractivity contribution < 1.29 is 23.1 Å². The van der Waals surface area contributed by atoms with Gasteiger partial charge in [0.1, 0.15) is 17.4 Å². The van der Waals surface area contributed by atoms with E-state index in [1.807, 2.05) is 24.3 Å². The topological polar surface area (TPSA) is 54.4 Å². The number of carbonyl (C=O) groups excluding carboxylic acids is 1. The van der Waals surface area contributed by atoms with Crippen molar-refractivity contribution in [2.75, 3.05) is 27.7 Å². The predicted octanol–water partition coefficient (Wildman–Crippen LogP) is 3.65. The summed E-state index contributed by atoms with van der Waals surface area (Å²) in [4.78, 5) is 21.0. The summed E-state index contributed by atoms with van der Waals surface area (Å²) in [6, 6.07) is 10.5. The van der Waals surface area contributed by atoms with Crippen LogP contribution >= 0.6 is 0 Å². The zero-order chi connectivity index (χ0) is 21.0. The summed E-state index contributed by atoms with van der Waals surface area (Å²) in [5.41, 5.74) is 1.77. The zero-order valence-corrected chi connectivity index (χ0v) is 16.6. The fourth-order valence-electron chi connectivity index (χ4n) is 3.16. The van der Waals surface area contributed by atoms with Gasteiger partial charge in [0, 0.05) is 37.7 Å². The van der Waals surface area contributed by atoms with Crippen LogP contribution in [0.15, 0.2) is 47.6 Å². The van der Waals surface area contributed by atoms with Crippen LogP contribution in [0.25, 0.3) is 0 Å². The Balaban J connectivity index is 1.73. The molecule has 29 heavy (non-hydrogen) atoms. The van der Waals surface area contributed by atoms with Crippen LogP contribution in [0, 0.1) is 11.6 Å². The van der Waals surface area contributed by atoms with Gasteiger partial charge in [0.15, 0.2) is 6.10 Å². The average molecular weight is 403 g/mol. The first-order chi connectivity index (χ1) is 13.9. The first-order valence-corrected chi connectivity index (χ1v) is 9.15. The van der Waals surface area contributed by atoms with Crippen LogP contribution in [-0.4, -0.2) is 55.4 Å². The molecule has 0 radical (unpaired) electrons. The number of oxime groups is 1. The van der Waals surface area contributed by atoms with Gasteiger partial charge in [-0.25, -0.2) is 13.6 Å². The maximum absolute atomic E-state index is 14.1. The molecule has 0 unspecified atom stereocenters. The molecule has 0 saturated carbocycles. The number of para-hydroxylation sites is 1. The van der Waals surface area contributed by atoms with Crippen molar-refractivity contribution in [3.63, 3.8) is 0 Å². The van der Waals surface area contributed by atoms with E-state index in [4.69, 9.17) is 9.57 Å². The van der Waals surface area contributed by atoms with Crippen LogP contribution in [0.1, 0.15) is 17.5 Å². The molecule has 2 aromatic carbocycles. The SMILES string of the molecule is COc1ccccc1C1=NO[C@@H](CN(Cc2ccc(F)cc2F)C(=O)N(C)C)C1. The fraction of sp³-hybridized carbons (Fsp3) is 0.333. The second kappa shape index (κ2) is 8.89. The van der Waals surface area contributed by atoms with Crippen LogP contribution < -0.4 is 4.74 Å². The quantitative estimate of drug-likeness (QED) is 0.740. The molecular formula is C21H23F2N3O3. The molecule has 1 aliphatic rings. The molecule has 0 aromatic heterocycles. The number of halogens is 2. The largest absolute Gasteiger partial charge is 0.496 e. The first-order valence-electron chi connectivity index (χ1n) is 9.15. The Morgan fingerprint density at radius 3 is 2.69 bits per heavy atom. The highest BCUT2D eigenvalue weighted by Gasteiger charge is 2.29. The molecule has 1 heterocycles. The number of methoxy groups -OCH3 is 1. The van der Waals surface area contributed by atoms with Crippen molar-refractivity contribution in [2.24, 2.45) is 5.16 Å². The molecule has 0 bridgehead atoms. The normalized spacial score (nSPS) is 15.5. The third-order valence-corrected chi connectivity index (χ3v) is 4.60. The minimum atomic E-state index is -0.695. The molecule has 2 aromatic rings. The molecule has 0 fully saturated rings. The Kier molecular flexibility index (Phi) is 6.31. The van der Waals surface area contributed by atoms with Gasteiger partial charge < -0.3 is 19.4 Å². The van der Waals surface area contributed by atoms with E-state index in [-0.39, 0.29) is 30.8 Å². The lowest BCUT2D eigenvalue weighted by atomic mass is 10.0. The number of hydrogen-bond acceptors (Lipinski definition) is 4. The average Bonchev–Trinajstić information content (AvgIpc) is 3.17. The molecule has 3 rings (SSSR count). The summed E-state index contributed by atoms with van der Waals surface area (Å²) in [5, 5.41) is 4.15. The fourth-order valence-corrected chi connectivity index (χ4v) is 3.16. The van der Waals surface area contributed by atoms with Gasteiger partial charge in [-0.05, 0) is 18.2 Å². The van der Waals surface area contributed by atoms with Crippen LogP contribution in [0.3, 0.4) is 0 Å². The van der Waals surface area contributed by atoms with Gasteiger partial charge in [-0.1, -0.05) is 23.4 Å². The number of nitrogens with zero attached hydrogens (tertiary/aromatic N) is 3. The second-order valence-electron chi connectivity index (χ2n) is 6.96. The summed E-state index contributed by atoms with van der Waals surface area (Å²) in [7, 11) is 4.81. The summed E-state index contributed by atoms with van der Waals surface area (Å²) in [6.07, 6.45) is 0.0889. The maximum Gasteiger partial charge on any atom is 0.319 e. The van der Waals surface area contributed by atoms with E-state index in [1.54, 1.807) is 21.2 Å². The van der Waals surface area contributed by atoms with Crippen LogP contribution in [0.5, 0.6) is 5.75 Å². The summed E-state index contributed by atoms with van der Waals surface area (Å²) < 4.78 is 32.7. The Bertz CT molecular complexity index is 918. The molecular weight excluding hydrogens is 380 g/mol. The molecule has 2 amide bonds. The number of amides is 2. The summed E-state index contributed by atoms with van der Waals surface area (Å²) in [6.45, 7) is 0.197. The highest BCUT2D eigenvalue weighted by molar-refractivity contribution is 6.03. The number of hydrogen-bond donors (Lipinski definition) is 0. The van der Waals surface area contributed by atoms with Crippen molar-refractivity contribution >= 4 is 11.7 Å². The zero-order valence-electron chi connectivity index (χ0n) is 16.6. The van der Waals surface area contributed by atoms with Crippen LogP contribution in [0.4, 0.5) is 13.6 Å². The van der Waals surface area contributed by atoms with Gasteiger partial charge in [-0.2, -0.15) is 0 Å². The number of rotatable bonds is 6. The summed E-state index contributed by atoms with van der Waals surface area (Å²) in [5.74, 6) is -0.671. The minimum Gasteiger partial charge on any atom is -0.496 e. The van der Waals surface area contributed by atoms with Gasteiger partial charge in [0.2, 0.25) is 0 Å². The van der Waals surface area contributed by atoms with E-state index >= 15 is 0 Å². The van der Waals surface area contributed by atoms with Gasteiger partial charge in [0.05, 0.1) is 25.9 Å². The Hall–Kier alpha value is -3.16. The number of benzene rings is 2. The lowest BCUT2D eigenvalue weighted by molar-refractivity contribution is 0.0548. The van der Waals surface area contributed by atoms with Gasteiger partial charge in [-0.3, -0.25) is 0 Å². The van der Waals surface area contributed by atoms with Gasteiger partial charge >= 0.3 is 6.03 Å². The number of ether oxygens (including phenoxy) is 1. The van der Waals surface area contributed by atoms with E-state index in [0.29, 0.717) is 12.2 Å². The molecule has 1 aliphatic heterocycles. The molecule has 154 valence electrons. The minimum absolute atomic E-state index is 0.00697. The van der Waals surface area contributed by atoms with Gasteiger partial charge in [-0.15, -0.1) is 0 Å². The highest BCUT2D eigenvalue weighted by Crippen LogP contribution is 2.25. The van der Waals surface area contributed by atoms with E-state index in [2.05, 4.69) is 5.16 Å². The lowest BCUT2D eigenvalue weighted by Crippen LogP contribution is -2.43. The Morgan fingerprint density at radius 1 is 1.24 bits per heavy atom. The third-order valence-electron chi connectivity index (χ3n) is 4.60. The van der Waals surface area contributed by atoms with E-state index in [0.717, 1.165) is 17.3 Å². The molecule has 0 saturated heterocycles. The lowest BCUT2D eigenvalue weighted by Gasteiger charge is -2.28. The second-order valence-corrected chi connectivity index (χ2v) is 6.96. The van der Waals surface area contributed by atoms with Crippen LogP contribution in [0.2, 0.25) is 0 Å². The van der Waals surface area contributed by atoms with Gasteiger partial charge in [0.25, 0.3) is 0 Å². The molecule has 6 nitrogen and oxygen atoms in total. The number of urea groups is 1. The standard InChI is InChI=1S/C21H23F2N3O3/c1-25(2)21(27)26(12-14-8-9-15(22)10-18(14)23)13-16-11-19(24-29-16)17-6-4-5-7-20(17)28-3/h4-10,16H,11-13H2,1-3H3/t16-/m1/s1. The van der Waals surface area contributed by atoms with Crippen molar-refractivity contribution in [1.29, 1.82) is 0 Å². The molecule has 8 heteroatoms. The Morgan fingerprint density at radius 2 is 2.00 bits per heavy atom. The molecule has 0 spiro atoms. The highest BCUT2D eigenvalue weighted by atomic mass is 19.1. The molecule has 0 aliphatic carbocycles. The van der Waals surface area contributed by atoms with E-state index < -0.39 is 11.6 Å². The maximum atomic E-state index is 14.1.